The number of carbonyl (C=O) groups is 1. The summed E-state index contributed by atoms with van der Waals surface area (Å²) in [6.45, 7) is 6.51. The van der Waals surface area contributed by atoms with Crippen molar-refractivity contribution < 1.29 is 4.79 Å². The molecule has 0 unspecified atom stereocenters. The Morgan fingerprint density at radius 1 is 1.30 bits per heavy atom. The molecule has 10 heteroatoms. The van der Waals surface area contributed by atoms with Crippen molar-refractivity contribution >= 4 is 40.4 Å². The van der Waals surface area contributed by atoms with Gasteiger partial charge in [-0.2, -0.15) is 0 Å². The number of aromatic amines is 1. The third-order valence-electron chi connectivity index (χ3n) is 5.06. The molecule has 2 heterocycles. The van der Waals surface area contributed by atoms with Crippen LogP contribution in [0.15, 0.2) is 39.2 Å². The molecule has 3 aromatic rings. The lowest BCUT2D eigenvalue weighted by Gasteiger charge is -2.24. The number of benzene rings is 1. The average molecular weight is 490 g/mol. The van der Waals surface area contributed by atoms with Crippen molar-refractivity contribution in [2.45, 2.75) is 46.6 Å². The highest BCUT2D eigenvalue weighted by Gasteiger charge is 2.25. The topological polar surface area (TPSA) is 114 Å². The number of halogens is 1. The lowest BCUT2D eigenvalue weighted by Crippen LogP contribution is -2.42. The largest absolute Gasteiger partial charge is 0.383 e. The van der Waals surface area contributed by atoms with Crippen LogP contribution in [0.1, 0.15) is 39.3 Å². The van der Waals surface area contributed by atoms with Crippen molar-refractivity contribution in [3.8, 4) is 10.6 Å². The number of H-pyrrole nitrogens is 1. The van der Waals surface area contributed by atoms with Crippen molar-refractivity contribution in [3.05, 3.63) is 61.2 Å². The van der Waals surface area contributed by atoms with Crippen LogP contribution >= 0.6 is 22.9 Å². The molecule has 0 radical (unpaired) electrons. The minimum Gasteiger partial charge on any atom is -0.383 e. The van der Waals surface area contributed by atoms with Gasteiger partial charge in [-0.3, -0.25) is 19.1 Å². The highest BCUT2D eigenvalue weighted by Crippen LogP contribution is 2.30. The Kier molecular flexibility index (Phi) is 8.10. The molecule has 3 rings (SSSR count). The third-order valence-corrected chi connectivity index (χ3v) is 6.31. The van der Waals surface area contributed by atoms with E-state index in [0.717, 1.165) is 12.0 Å². The van der Waals surface area contributed by atoms with Gasteiger partial charge in [0.15, 0.2) is 5.69 Å². The van der Waals surface area contributed by atoms with E-state index < -0.39 is 11.2 Å². The summed E-state index contributed by atoms with van der Waals surface area (Å²) >= 11 is 7.67. The maximum atomic E-state index is 13.3. The van der Waals surface area contributed by atoms with E-state index in [9.17, 15) is 14.4 Å². The Labute approximate surface area is 201 Å². The third kappa shape index (κ3) is 5.72. The van der Waals surface area contributed by atoms with Crippen LogP contribution in [-0.4, -0.2) is 27.0 Å². The van der Waals surface area contributed by atoms with Crippen molar-refractivity contribution in [1.29, 1.82) is 0 Å². The molecule has 0 fully saturated rings. The van der Waals surface area contributed by atoms with Crippen LogP contribution in [0.25, 0.3) is 10.6 Å². The molecule has 0 aliphatic carbocycles. The Morgan fingerprint density at radius 2 is 2.03 bits per heavy atom. The lowest BCUT2D eigenvalue weighted by molar-refractivity contribution is -0.118. The van der Waals surface area contributed by atoms with Crippen molar-refractivity contribution in [2.24, 2.45) is 5.92 Å². The van der Waals surface area contributed by atoms with Gasteiger partial charge in [-0.1, -0.05) is 57.0 Å². The molecule has 0 spiro atoms. The minimum atomic E-state index is -0.669. The van der Waals surface area contributed by atoms with E-state index in [1.54, 1.807) is 6.07 Å². The second-order valence-corrected chi connectivity index (χ2v) is 9.46. The fraction of sp³-hybridized carbons (Fsp3) is 0.391. The molecule has 0 saturated heterocycles. The molecule has 0 atom stereocenters. The van der Waals surface area contributed by atoms with E-state index >= 15 is 0 Å². The van der Waals surface area contributed by atoms with Crippen molar-refractivity contribution in [3.63, 3.8) is 0 Å². The Morgan fingerprint density at radius 3 is 2.70 bits per heavy atom. The number of amides is 1. The first kappa shape index (κ1) is 24.7. The second-order valence-electron chi connectivity index (χ2n) is 8.20. The summed E-state index contributed by atoms with van der Waals surface area (Å²) in [5.74, 6) is -0.190. The fourth-order valence-corrected chi connectivity index (χ4v) is 4.60. The van der Waals surface area contributed by atoms with Crippen LogP contribution in [0.3, 0.4) is 0 Å². The summed E-state index contributed by atoms with van der Waals surface area (Å²) in [4.78, 5) is 46.6. The molecule has 0 bridgehead atoms. The number of nitrogen functional groups attached to an aromatic ring is 1. The van der Waals surface area contributed by atoms with Crippen LogP contribution in [0.5, 0.6) is 0 Å². The van der Waals surface area contributed by atoms with E-state index in [-0.39, 0.29) is 29.8 Å². The number of unbranched alkanes of at least 4 members (excludes halogenated alkanes) is 1. The number of rotatable bonds is 9. The Balaban J connectivity index is 1.95. The van der Waals surface area contributed by atoms with Gasteiger partial charge in [0.25, 0.3) is 5.56 Å². The maximum absolute atomic E-state index is 13.3. The molecule has 0 saturated carbocycles. The van der Waals surface area contributed by atoms with Gasteiger partial charge in [-0.25, -0.2) is 9.78 Å². The highest BCUT2D eigenvalue weighted by molar-refractivity contribution is 7.13. The number of hydrogen-bond acceptors (Lipinski definition) is 6. The van der Waals surface area contributed by atoms with Crippen molar-refractivity contribution in [2.75, 3.05) is 17.2 Å². The molecule has 0 aliphatic heterocycles. The summed E-state index contributed by atoms with van der Waals surface area (Å²) in [5, 5.41) is 3.11. The molecule has 0 aliphatic rings. The van der Waals surface area contributed by atoms with Gasteiger partial charge in [0, 0.05) is 24.0 Å². The predicted molar refractivity (Wildman–Crippen MR) is 134 cm³/mol. The van der Waals surface area contributed by atoms with E-state index in [0.29, 0.717) is 35.2 Å². The van der Waals surface area contributed by atoms with E-state index in [2.05, 4.69) is 9.97 Å². The fourth-order valence-electron chi connectivity index (χ4n) is 3.46. The zero-order valence-electron chi connectivity index (χ0n) is 18.9. The van der Waals surface area contributed by atoms with Gasteiger partial charge in [0.2, 0.25) is 5.91 Å². The van der Waals surface area contributed by atoms with Crippen LogP contribution in [-0.2, 0) is 17.8 Å². The SMILES string of the molecule is CCCCN(C(=O)Cc1csc(-c2ccccc2Cl)n1)c1c(N)n(CC(C)C)c(=O)[nH]c1=O. The molecule has 3 N–H and O–H groups in total. The summed E-state index contributed by atoms with van der Waals surface area (Å²) in [7, 11) is 0. The maximum Gasteiger partial charge on any atom is 0.330 e. The normalized spacial score (nSPS) is 11.2. The zero-order valence-corrected chi connectivity index (χ0v) is 20.5. The summed E-state index contributed by atoms with van der Waals surface area (Å²) < 4.78 is 1.31. The molecule has 1 aromatic carbocycles. The Hall–Kier alpha value is -2.91. The van der Waals surface area contributed by atoms with Gasteiger partial charge in [-0.05, 0) is 18.4 Å². The number of hydrogen-bond donors (Lipinski definition) is 2. The van der Waals surface area contributed by atoms with E-state index in [1.807, 2.05) is 44.4 Å². The number of nitrogens with two attached hydrogens (primary N) is 1. The number of thiazole rings is 1. The van der Waals surface area contributed by atoms with E-state index in [4.69, 9.17) is 17.3 Å². The minimum absolute atomic E-state index is 0.00284. The zero-order chi connectivity index (χ0) is 24.1. The first-order valence-corrected chi connectivity index (χ1v) is 12.1. The van der Waals surface area contributed by atoms with E-state index in [1.165, 1.54) is 20.8 Å². The molecule has 8 nitrogen and oxygen atoms in total. The van der Waals surface area contributed by atoms with Crippen LogP contribution < -0.4 is 21.9 Å². The molecular weight excluding hydrogens is 462 g/mol. The van der Waals surface area contributed by atoms with Gasteiger partial charge >= 0.3 is 5.69 Å². The first-order chi connectivity index (χ1) is 15.7. The molecule has 176 valence electrons. The standard InChI is InChI=1S/C23H28ClN5O3S/c1-4-5-10-28(19-20(25)29(12-14(2)3)23(32)27-21(19)31)18(30)11-15-13-33-22(26-15)16-8-6-7-9-17(16)24/h6-9,13-14H,4-5,10-12,25H2,1-3H3,(H,27,31,32). The van der Waals surface area contributed by atoms with Crippen LogP contribution in [0.2, 0.25) is 5.02 Å². The molecule has 2 aromatic heterocycles. The van der Waals surface area contributed by atoms with Crippen LogP contribution in [0, 0.1) is 5.92 Å². The number of anilines is 2. The number of aromatic nitrogens is 3. The number of carbonyl (C=O) groups excluding carboxylic acids is 1. The number of nitrogens with one attached hydrogen (secondary N) is 1. The average Bonchev–Trinajstić information content (AvgIpc) is 3.21. The Bertz CT molecular complexity index is 1250. The quantitative estimate of drug-likeness (QED) is 0.472. The monoisotopic (exact) mass is 489 g/mol. The van der Waals surface area contributed by atoms with Gasteiger partial charge in [0.1, 0.15) is 10.8 Å². The van der Waals surface area contributed by atoms with Gasteiger partial charge in [-0.15, -0.1) is 11.3 Å². The smallest absolute Gasteiger partial charge is 0.330 e. The van der Waals surface area contributed by atoms with Crippen molar-refractivity contribution in [1.82, 2.24) is 14.5 Å². The second kappa shape index (κ2) is 10.8. The summed E-state index contributed by atoms with van der Waals surface area (Å²) in [6.07, 6.45) is 1.49. The molecule has 33 heavy (non-hydrogen) atoms. The summed E-state index contributed by atoms with van der Waals surface area (Å²) in [5.41, 5.74) is 6.39. The molecule has 1 amide bonds. The van der Waals surface area contributed by atoms with Crippen LogP contribution in [0.4, 0.5) is 11.5 Å². The predicted octanol–water partition coefficient (Wildman–Crippen LogP) is 3.93. The first-order valence-electron chi connectivity index (χ1n) is 10.8. The lowest BCUT2D eigenvalue weighted by atomic mass is 10.2. The highest BCUT2D eigenvalue weighted by atomic mass is 35.5. The van der Waals surface area contributed by atoms with Gasteiger partial charge in [0.05, 0.1) is 17.1 Å². The summed E-state index contributed by atoms with van der Waals surface area (Å²) in [6, 6.07) is 7.38. The molecular formula is C23H28ClN5O3S. The van der Waals surface area contributed by atoms with Gasteiger partial charge < -0.3 is 10.6 Å². The number of nitrogens with zero attached hydrogens (tertiary/aromatic N) is 3.